The molecule has 9 heteroatoms. The lowest BCUT2D eigenvalue weighted by molar-refractivity contribution is -0.0328. The Morgan fingerprint density at radius 2 is 1.94 bits per heavy atom. The zero-order valence-electron chi connectivity index (χ0n) is 8.75. The summed E-state index contributed by atoms with van der Waals surface area (Å²) in [5, 5.41) is 8.83. The second-order valence-electron chi connectivity index (χ2n) is 3.18. The van der Waals surface area contributed by atoms with Crippen molar-refractivity contribution in [3.05, 3.63) is 23.3 Å². The molecule has 3 nitrogen and oxygen atoms in total. The van der Waals surface area contributed by atoms with Gasteiger partial charge in [0.25, 0.3) is 9.05 Å². The molecule has 1 aromatic rings. The summed E-state index contributed by atoms with van der Waals surface area (Å²) < 4.78 is 59.3. The van der Waals surface area contributed by atoms with Crippen LogP contribution in [0.15, 0.2) is 21.9 Å². The summed E-state index contributed by atoms with van der Waals surface area (Å²) in [6, 6.07) is 3.66. The predicted molar refractivity (Wildman–Crippen MR) is 60.8 cm³/mol. The number of benzene rings is 1. The molecule has 0 aliphatic carbocycles. The average molecular weight is 316 g/mol. The van der Waals surface area contributed by atoms with Crippen LogP contribution in [0.4, 0.5) is 13.2 Å². The van der Waals surface area contributed by atoms with E-state index in [-0.39, 0.29) is 5.56 Å². The van der Waals surface area contributed by atoms with Crippen molar-refractivity contribution in [2.24, 2.45) is 0 Å². The molecule has 0 saturated heterocycles. The Balaban J connectivity index is 3.56. The van der Waals surface area contributed by atoms with Gasteiger partial charge >= 0.3 is 5.51 Å². The van der Waals surface area contributed by atoms with Crippen LogP contribution in [0.5, 0.6) is 0 Å². The fraction of sp³-hybridized carbons (Fsp3) is 0.222. The molecule has 0 aromatic heterocycles. The largest absolute Gasteiger partial charge is 0.446 e. The van der Waals surface area contributed by atoms with Gasteiger partial charge < -0.3 is 0 Å². The summed E-state index contributed by atoms with van der Waals surface area (Å²) in [6.45, 7) is 1.35. The summed E-state index contributed by atoms with van der Waals surface area (Å²) in [5.74, 6) is 0. The van der Waals surface area contributed by atoms with E-state index in [1.807, 2.05) is 0 Å². The minimum absolute atomic E-state index is 0.119. The van der Waals surface area contributed by atoms with Gasteiger partial charge in [-0.2, -0.15) is 18.4 Å². The summed E-state index contributed by atoms with van der Waals surface area (Å²) in [5.41, 5.74) is -5.09. The van der Waals surface area contributed by atoms with E-state index >= 15 is 0 Å². The topological polar surface area (TPSA) is 57.9 Å². The Labute approximate surface area is 110 Å². The minimum Gasteiger partial charge on any atom is -0.207 e. The van der Waals surface area contributed by atoms with E-state index < -0.39 is 41.7 Å². The number of hydrogen-bond donors (Lipinski definition) is 0. The number of rotatable bonds is 2. The van der Waals surface area contributed by atoms with Crippen LogP contribution in [0, 0.1) is 18.3 Å². The first-order chi connectivity index (χ1) is 8.06. The number of nitriles is 1. The van der Waals surface area contributed by atoms with Gasteiger partial charge in [0.05, 0.1) is 5.56 Å². The molecule has 0 heterocycles. The van der Waals surface area contributed by atoms with Gasteiger partial charge in [0, 0.05) is 15.6 Å². The van der Waals surface area contributed by atoms with E-state index in [4.69, 9.17) is 15.9 Å². The SMILES string of the molecule is Cc1ccc(SC(F)(F)F)c(C#N)c1S(=O)(=O)Cl. The van der Waals surface area contributed by atoms with Gasteiger partial charge in [-0.15, -0.1) is 0 Å². The van der Waals surface area contributed by atoms with Crippen LogP contribution >= 0.6 is 22.4 Å². The average Bonchev–Trinajstić information content (AvgIpc) is 2.16. The molecule has 0 aliphatic rings. The molecular weight excluding hydrogens is 311 g/mol. The third-order valence-corrected chi connectivity index (χ3v) is 4.17. The zero-order chi connectivity index (χ0) is 14.1. The highest BCUT2D eigenvalue weighted by atomic mass is 35.7. The monoisotopic (exact) mass is 315 g/mol. The summed E-state index contributed by atoms with van der Waals surface area (Å²) in [6.07, 6.45) is 0. The lowest BCUT2D eigenvalue weighted by Crippen LogP contribution is -2.04. The van der Waals surface area contributed by atoms with Crippen LogP contribution in [-0.4, -0.2) is 13.9 Å². The third kappa shape index (κ3) is 3.54. The molecule has 18 heavy (non-hydrogen) atoms. The summed E-state index contributed by atoms with van der Waals surface area (Å²) in [7, 11) is 0.836. The number of halogens is 4. The summed E-state index contributed by atoms with van der Waals surface area (Å²) >= 11 is -0.555. The number of alkyl halides is 3. The van der Waals surface area contributed by atoms with Crippen molar-refractivity contribution in [3.8, 4) is 6.07 Å². The van der Waals surface area contributed by atoms with Crippen molar-refractivity contribution in [1.29, 1.82) is 5.26 Å². The number of aryl methyl sites for hydroxylation is 1. The Hall–Kier alpha value is -0.910. The van der Waals surface area contributed by atoms with Crippen LogP contribution in [-0.2, 0) is 9.05 Å². The molecule has 0 N–H and O–H groups in total. The molecule has 98 valence electrons. The smallest absolute Gasteiger partial charge is 0.207 e. The molecule has 0 spiro atoms. The van der Waals surface area contributed by atoms with Crippen LogP contribution in [0.25, 0.3) is 0 Å². The van der Waals surface area contributed by atoms with E-state index in [0.717, 1.165) is 6.07 Å². The number of thioether (sulfide) groups is 1. The second-order valence-corrected chi connectivity index (χ2v) is 6.79. The van der Waals surface area contributed by atoms with Crippen molar-refractivity contribution < 1.29 is 21.6 Å². The van der Waals surface area contributed by atoms with Crippen molar-refractivity contribution >= 4 is 31.5 Å². The molecule has 0 fully saturated rings. The van der Waals surface area contributed by atoms with E-state index in [1.165, 1.54) is 19.1 Å². The minimum atomic E-state index is -4.62. The summed E-state index contributed by atoms with van der Waals surface area (Å²) in [4.78, 5) is -1.07. The number of nitrogens with zero attached hydrogens (tertiary/aromatic N) is 1. The molecular formula is C9H5ClF3NO2S2. The maximum atomic E-state index is 12.3. The maximum absolute atomic E-state index is 12.3. The molecule has 0 saturated carbocycles. The van der Waals surface area contributed by atoms with Crippen molar-refractivity contribution in [2.75, 3.05) is 0 Å². The number of hydrogen-bond acceptors (Lipinski definition) is 4. The normalized spacial score (nSPS) is 12.2. The van der Waals surface area contributed by atoms with Crippen molar-refractivity contribution in [1.82, 2.24) is 0 Å². The van der Waals surface area contributed by atoms with E-state index in [0.29, 0.717) is 0 Å². The highest BCUT2D eigenvalue weighted by molar-refractivity contribution is 8.13. The Kier molecular flexibility index (Phi) is 4.20. The second kappa shape index (κ2) is 4.99. The van der Waals surface area contributed by atoms with Crippen LogP contribution in [0.2, 0.25) is 0 Å². The van der Waals surface area contributed by atoms with Crippen LogP contribution < -0.4 is 0 Å². The van der Waals surface area contributed by atoms with Gasteiger partial charge in [0.2, 0.25) is 0 Å². The van der Waals surface area contributed by atoms with Gasteiger partial charge in [-0.05, 0) is 30.3 Å². The lowest BCUT2D eigenvalue weighted by atomic mass is 10.1. The third-order valence-electron chi connectivity index (χ3n) is 1.90. The molecule has 1 rings (SSSR count). The van der Waals surface area contributed by atoms with E-state index in [9.17, 15) is 21.6 Å². The van der Waals surface area contributed by atoms with Gasteiger partial charge in [0.1, 0.15) is 11.0 Å². The Bertz CT molecular complexity index is 620. The quantitative estimate of drug-likeness (QED) is 0.620. The molecule has 1 aromatic carbocycles. The molecule has 0 bridgehead atoms. The van der Waals surface area contributed by atoms with Gasteiger partial charge in [-0.1, -0.05) is 6.07 Å². The van der Waals surface area contributed by atoms with Crippen molar-refractivity contribution in [2.45, 2.75) is 22.2 Å². The fourth-order valence-corrected chi connectivity index (χ4v) is 3.45. The molecule has 0 radical (unpaired) electrons. The fourth-order valence-electron chi connectivity index (χ4n) is 1.30. The highest BCUT2D eigenvalue weighted by Gasteiger charge is 2.32. The van der Waals surface area contributed by atoms with Crippen molar-refractivity contribution in [3.63, 3.8) is 0 Å². The highest BCUT2D eigenvalue weighted by Crippen LogP contribution is 2.41. The first-order valence-electron chi connectivity index (χ1n) is 4.30. The van der Waals surface area contributed by atoms with Gasteiger partial charge in [-0.3, -0.25) is 0 Å². The molecule has 0 amide bonds. The standard InChI is InChI=1S/C9H5ClF3NO2S2/c1-5-2-3-7(17-9(11,12)13)6(4-14)8(5)18(10,15)16/h2-3H,1H3. The lowest BCUT2D eigenvalue weighted by Gasteiger charge is -2.11. The van der Waals surface area contributed by atoms with E-state index in [2.05, 4.69) is 0 Å². The molecule has 0 unspecified atom stereocenters. The predicted octanol–water partition coefficient (Wildman–Crippen LogP) is 3.41. The van der Waals surface area contributed by atoms with Gasteiger partial charge in [-0.25, -0.2) is 8.42 Å². The zero-order valence-corrected chi connectivity index (χ0v) is 11.1. The van der Waals surface area contributed by atoms with Crippen LogP contribution in [0.3, 0.4) is 0 Å². The first kappa shape index (κ1) is 15.1. The van der Waals surface area contributed by atoms with Crippen LogP contribution in [0.1, 0.15) is 11.1 Å². The van der Waals surface area contributed by atoms with Gasteiger partial charge in [0.15, 0.2) is 0 Å². The van der Waals surface area contributed by atoms with E-state index in [1.54, 1.807) is 0 Å². The maximum Gasteiger partial charge on any atom is 0.446 e. The first-order valence-corrected chi connectivity index (χ1v) is 7.43. The Morgan fingerprint density at radius 1 is 1.39 bits per heavy atom. The molecule has 0 aliphatic heterocycles. The Morgan fingerprint density at radius 3 is 2.33 bits per heavy atom. The molecule has 0 atom stereocenters.